The number of piperazine rings is 1. The Balaban J connectivity index is 2.33. The average Bonchev–Trinajstić information content (AvgIpc) is 2.85. The van der Waals surface area contributed by atoms with Crippen molar-refractivity contribution in [3.63, 3.8) is 0 Å². The highest BCUT2D eigenvalue weighted by Crippen LogP contribution is 2.23. The molecule has 0 radical (unpaired) electrons. The van der Waals surface area contributed by atoms with E-state index in [0.29, 0.717) is 36.7 Å². The summed E-state index contributed by atoms with van der Waals surface area (Å²) in [5.41, 5.74) is 9.78. The zero-order chi connectivity index (χ0) is 26.5. The maximum absolute atomic E-state index is 12.0. The number of hydrogen-bond donors (Lipinski definition) is 4. The number of anilines is 1. The predicted octanol–water partition coefficient (Wildman–Crippen LogP) is 2.74. The van der Waals surface area contributed by atoms with Crippen molar-refractivity contribution in [2.75, 3.05) is 50.6 Å². The second-order valence-corrected chi connectivity index (χ2v) is 9.75. The quantitative estimate of drug-likeness (QED) is 0.129. The number of carbonyl (C=O) groups is 1. The number of nitrogens with zero attached hydrogens (tertiary/aromatic N) is 4. The number of nitrogens with one attached hydrogen (secondary N) is 3. The van der Waals surface area contributed by atoms with E-state index in [1.165, 1.54) is 0 Å². The van der Waals surface area contributed by atoms with Crippen molar-refractivity contribution in [2.45, 2.75) is 32.4 Å². The molecule has 0 saturated carbocycles. The second kappa shape index (κ2) is 15.1. The fourth-order valence-corrected chi connectivity index (χ4v) is 4.52. The van der Waals surface area contributed by atoms with Crippen molar-refractivity contribution in [2.24, 2.45) is 5.73 Å². The predicted molar refractivity (Wildman–Crippen MR) is 149 cm³/mol. The summed E-state index contributed by atoms with van der Waals surface area (Å²) >= 11 is 1.70. The van der Waals surface area contributed by atoms with Gasteiger partial charge in [0, 0.05) is 61.6 Å². The van der Waals surface area contributed by atoms with Crippen LogP contribution >= 0.6 is 11.8 Å². The highest BCUT2D eigenvalue weighted by atomic mass is 32.2. The van der Waals surface area contributed by atoms with Crippen LogP contribution in [0.2, 0.25) is 0 Å². The van der Waals surface area contributed by atoms with Crippen LogP contribution in [0.5, 0.6) is 0 Å². The van der Waals surface area contributed by atoms with E-state index in [0.717, 1.165) is 61.1 Å². The topological polar surface area (TPSA) is 134 Å². The summed E-state index contributed by atoms with van der Waals surface area (Å²) in [6.45, 7) is 9.92. The van der Waals surface area contributed by atoms with Crippen LogP contribution in [0.4, 0.5) is 5.82 Å². The van der Waals surface area contributed by atoms with Crippen molar-refractivity contribution < 1.29 is 4.79 Å². The number of allylic oxidation sites excluding steroid dienone is 2. The number of hydrogen-bond acceptors (Lipinski definition) is 10. The van der Waals surface area contributed by atoms with E-state index in [1.54, 1.807) is 24.0 Å². The fourth-order valence-electron chi connectivity index (χ4n) is 3.94. The van der Waals surface area contributed by atoms with E-state index in [1.807, 2.05) is 19.2 Å². The molecule has 1 atom stereocenters. The standard InChI is InChI=1S/C26H38N8OS/c1-19(18-36-4)31-24(23(13-28)14-29)7-9-30-26-21(6-5-8-27)12-22(25(17-35)32-26)16-34-11-10-33(3)15-20(34)2/h7,9,12-13,17,19,28,31H,2,5-6,8,10-11,15-16,18,27H2,1,3-4H3,(H,30,32)/b9-7+,24-23-,28-13?. The number of aryl methyl sites for hydroxylation is 1. The smallest absolute Gasteiger partial charge is 0.168 e. The van der Waals surface area contributed by atoms with Gasteiger partial charge in [0.05, 0.1) is 11.3 Å². The third-order valence-electron chi connectivity index (χ3n) is 5.83. The van der Waals surface area contributed by atoms with Gasteiger partial charge < -0.3 is 26.7 Å². The summed E-state index contributed by atoms with van der Waals surface area (Å²) in [5.74, 6) is 1.43. The molecule has 9 nitrogen and oxygen atoms in total. The van der Waals surface area contributed by atoms with Gasteiger partial charge in [0.1, 0.15) is 17.6 Å². The van der Waals surface area contributed by atoms with Crippen molar-refractivity contribution in [3.8, 4) is 6.07 Å². The molecule has 0 spiro atoms. The Kier molecular flexibility index (Phi) is 12.2. The lowest BCUT2D eigenvalue weighted by molar-refractivity contribution is 0.111. The highest BCUT2D eigenvalue weighted by molar-refractivity contribution is 7.98. The molecule has 1 aliphatic rings. The van der Waals surface area contributed by atoms with Gasteiger partial charge in [-0.3, -0.25) is 9.69 Å². The van der Waals surface area contributed by atoms with Crippen molar-refractivity contribution in [1.29, 1.82) is 10.7 Å². The fraction of sp³-hybridized carbons (Fsp3) is 0.462. The number of carbonyl (C=O) groups excluding carboxylic acids is 1. The first-order valence-corrected chi connectivity index (χ1v) is 13.4. The number of pyridine rings is 1. The Morgan fingerprint density at radius 1 is 1.44 bits per heavy atom. The maximum atomic E-state index is 12.0. The molecule has 1 aromatic rings. The van der Waals surface area contributed by atoms with E-state index in [9.17, 15) is 10.1 Å². The molecule has 1 fully saturated rings. The number of thioether (sulfide) groups is 1. The van der Waals surface area contributed by atoms with E-state index in [-0.39, 0.29) is 11.6 Å². The zero-order valence-electron chi connectivity index (χ0n) is 21.5. The zero-order valence-corrected chi connectivity index (χ0v) is 22.3. The van der Waals surface area contributed by atoms with Crippen LogP contribution in [0.1, 0.15) is 35.0 Å². The summed E-state index contributed by atoms with van der Waals surface area (Å²) in [5, 5.41) is 23.5. The SMILES string of the molecule is C=C1CN(C)CCN1Cc1cc(CCCN)c(N/C=C/C(NC(C)CSC)=C(/C#N)C=N)nc1C=O. The van der Waals surface area contributed by atoms with E-state index in [4.69, 9.17) is 11.1 Å². The first-order chi connectivity index (χ1) is 17.4. The van der Waals surface area contributed by atoms with Crippen LogP contribution in [-0.4, -0.2) is 78.6 Å². The lowest BCUT2D eigenvalue weighted by Gasteiger charge is -2.36. The Bertz CT molecular complexity index is 1030. The Labute approximate surface area is 219 Å². The van der Waals surface area contributed by atoms with E-state index < -0.39 is 0 Å². The normalized spacial score (nSPS) is 15.9. The van der Waals surface area contributed by atoms with Crippen molar-refractivity contribution in [3.05, 3.63) is 58.7 Å². The Morgan fingerprint density at radius 2 is 2.22 bits per heavy atom. The largest absolute Gasteiger partial charge is 0.381 e. The number of likely N-dealkylation sites (N-methyl/N-ethyl adjacent to an activating group) is 1. The van der Waals surface area contributed by atoms with Crippen LogP contribution < -0.4 is 16.4 Å². The number of nitriles is 1. The Morgan fingerprint density at radius 3 is 2.83 bits per heavy atom. The molecule has 1 aromatic heterocycles. The van der Waals surface area contributed by atoms with Crippen molar-refractivity contribution in [1.82, 2.24) is 20.1 Å². The number of aldehydes is 1. The molecule has 0 aromatic carbocycles. The van der Waals surface area contributed by atoms with Gasteiger partial charge in [-0.15, -0.1) is 0 Å². The number of nitrogens with two attached hydrogens (primary N) is 1. The first-order valence-electron chi connectivity index (χ1n) is 12.0. The molecule has 1 saturated heterocycles. The van der Waals surface area contributed by atoms with Gasteiger partial charge in [-0.1, -0.05) is 6.58 Å². The van der Waals surface area contributed by atoms with Crippen LogP contribution in [0.15, 0.2) is 41.9 Å². The number of aromatic nitrogens is 1. The molecule has 194 valence electrons. The molecule has 5 N–H and O–H groups in total. The lowest BCUT2D eigenvalue weighted by Crippen LogP contribution is -2.42. The molecule has 2 rings (SSSR count). The van der Waals surface area contributed by atoms with E-state index in [2.05, 4.69) is 45.1 Å². The van der Waals surface area contributed by atoms with Gasteiger partial charge >= 0.3 is 0 Å². The van der Waals surface area contributed by atoms with E-state index >= 15 is 0 Å². The molecule has 10 heteroatoms. The molecule has 1 unspecified atom stereocenters. The van der Waals surface area contributed by atoms with Crippen LogP contribution in [0.3, 0.4) is 0 Å². The van der Waals surface area contributed by atoms with Gasteiger partial charge in [0.15, 0.2) is 6.29 Å². The summed E-state index contributed by atoms with van der Waals surface area (Å²) in [6, 6.07) is 4.20. The molecule has 0 amide bonds. The molecule has 2 heterocycles. The van der Waals surface area contributed by atoms with Crippen LogP contribution in [0, 0.1) is 16.7 Å². The van der Waals surface area contributed by atoms with Gasteiger partial charge in [0.25, 0.3) is 0 Å². The third kappa shape index (κ3) is 8.52. The minimum absolute atomic E-state index is 0.117. The van der Waals surface area contributed by atoms with Gasteiger partial charge in [0.2, 0.25) is 0 Å². The highest BCUT2D eigenvalue weighted by Gasteiger charge is 2.19. The lowest BCUT2D eigenvalue weighted by atomic mass is 10.0. The first kappa shape index (κ1) is 29.1. The second-order valence-electron chi connectivity index (χ2n) is 8.84. The van der Waals surface area contributed by atoms with Crippen molar-refractivity contribution >= 4 is 30.1 Å². The van der Waals surface area contributed by atoms with Gasteiger partial charge in [-0.2, -0.15) is 17.0 Å². The molecular weight excluding hydrogens is 472 g/mol. The summed E-state index contributed by atoms with van der Waals surface area (Å²) < 4.78 is 0. The maximum Gasteiger partial charge on any atom is 0.168 e. The van der Waals surface area contributed by atoms with Gasteiger partial charge in [-0.05, 0) is 57.3 Å². The summed E-state index contributed by atoms with van der Waals surface area (Å²) in [7, 11) is 2.07. The minimum Gasteiger partial charge on any atom is -0.381 e. The third-order valence-corrected chi connectivity index (χ3v) is 6.67. The molecular formula is C26H38N8OS. The van der Waals surface area contributed by atoms with Crippen LogP contribution in [0.25, 0.3) is 0 Å². The minimum atomic E-state index is 0.117. The average molecular weight is 511 g/mol. The molecule has 1 aliphatic heterocycles. The Hall–Kier alpha value is -3.13. The number of rotatable bonds is 14. The molecule has 36 heavy (non-hydrogen) atoms. The monoisotopic (exact) mass is 510 g/mol. The molecule has 0 aliphatic carbocycles. The summed E-state index contributed by atoms with van der Waals surface area (Å²) in [6.07, 6.45) is 8.74. The van der Waals surface area contributed by atoms with Crippen LogP contribution in [-0.2, 0) is 13.0 Å². The summed E-state index contributed by atoms with van der Waals surface area (Å²) in [4.78, 5) is 21.0. The van der Waals surface area contributed by atoms with Gasteiger partial charge in [-0.25, -0.2) is 4.98 Å². The molecule has 0 bridgehead atoms.